The second-order valence-electron chi connectivity index (χ2n) is 8.29. The van der Waals surface area contributed by atoms with Gasteiger partial charge < -0.3 is 14.7 Å². The van der Waals surface area contributed by atoms with Crippen molar-refractivity contribution >= 4 is 5.91 Å². The van der Waals surface area contributed by atoms with E-state index >= 15 is 0 Å². The van der Waals surface area contributed by atoms with Gasteiger partial charge >= 0.3 is 0 Å². The van der Waals surface area contributed by atoms with Crippen LogP contribution >= 0.6 is 0 Å². The van der Waals surface area contributed by atoms with Crippen molar-refractivity contribution in [2.24, 2.45) is 5.92 Å². The molecule has 2 aliphatic heterocycles. The van der Waals surface area contributed by atoms with Gasteiger partial charge in [-0.2, -0.15) is 0 Å². The van der Waals surface area contributed by atoms with Crippen molar-refractivity contribution in [1.82, 2.24) is 4.90 Å². The molecule has 2 heterocycles. The van der Waals surface area contributed by atoms with Gasteiger partial charge in [-0.3, -0.25) is 4.79 Å². The highest BCUT2D eigenvalue weighted by molar-refractivity contribution is 5.79. The highest BCUT2D eigenvalue weighted by Gasteiger charge is 2.44. The van der Waals surface area contributed by atoms with Crippen LogP contribution in [0, 0.1) is 19.8 Å². The topological polar surface area (TPSA) is 49.8 Å². The third kappa shape index (κ3) is 3.05. The second kappa shape index (κ2) is 6.31. The summed E-state index contributed by atoms with van der Waals surface area (Å²) in [5.74, 6) is 1.42. The largest absolute Gasteiger partial charge is 0.487 e. The number of benzene rings is 1. The monoisotopic (exact) mass is 343 g/mol. The van der Waals surface area contributed by atoms with Crippen LogP contribution in [-0.2, 0) is 4.79 Å². The van der Waals surface area contributed by atoms with Gasteiger partial charge in [-0.05, 0) is 49.9 Å². The highest BCUT2D eigenvalue weighted by atomic mass is 16.5. The first-order valence-electron chi connectivity index (χ1n) is 9.74. The Bertz CT molecular complexity index is 670. The lowest BCUT2D eigenvalue weighted by molar-refractivity contribution is -0.140. The van der Waals surface area contributed by atoms with E-state index in [0.717, 1.165) is 50.1 Å². The number of rotatable bonds is 1. The zero-order valence-corrected chi connectivity index (χ0v) is 15.4. The van der Waals surface area contributed by atoms with Crippen LogP contribution in [0.4, 0.5) is 0 Å². The Morgan fingerprint density at radius 2 is 1.80 bits per heavy atom. The summed E-state index contributed by atoms with van der Waals surface area (Å²) >= 11 is 0. The van der Waals surface area contributed by atoms with Crippen LogP contribution in [0.5, 0.6) is 5.75 Å². The highest BCUT2D eigenvalue weighted by Crippen LogP contribution is 2.45. The molecule has 1 saturated heterocycles. The lowest BCUT2D eigenvalue weighted by Crippen LogP contribution is -2.52. The van der Waals surface area contributed by atoms with Crippen molar-refractivity contribution in [2.45, 2.75) is 70.5 Å². The zero-order valence-electron chi connectivity index (χ0n) is 15.4. The number of likely N-dealkylation sites (tertiary alicyclic amines) is 1. The van der Waals surface area contributed by atoms with Gasteiger partial charge in [-0.1, -0.05) is 12.8 Å². The van der Waals surface area contributed by atoms with Gasteiger partial charge in [-0.25, -0.2) is 0 Å². The van der Waals surface area contributed by atoms with Crippen LogP contribution in [0.2, 0.25) is 0 Å². The summed E-state index contributed by atoms with van der Waals surface area (Å²) in [6, 6.07) is 4.12. The number of nitrogens with zero attached hydrogens (tertiary/aromatic N) is 1. The first-order valence-corrected chi connectivity index (χ1v) is 9.74. The SMILES string of the molecule is Cc1cc2c(cc1C)C(O)CC1(CCN(C(=O)C3CCCC3)CC1)O2. The van der Waals surface area contributed by atoms with Crippen LogP contribution in [0.15, 0.2) is 12.1 Å². The molecular formula is C21H29NO3. The number of carbonyl (C=O) groups excluding carboxylic acids is 1. The van der Waals surface area contributed by atoms with Crippen molar-refractivity contribution in [3.8, 4) is 5.75 Å². The van der Waals surface area contributed by atoms with E-state index in [2.05, 4.69) is 26.0 Å². The fourth-order valence-corrected chi connectivity index (χ4v) is 4.77. The van der Waals surface area contributed by atoms with Crippen molar-refractivity contribution < 1.29 is 14.6 Å². The number of aliphatic hydroxyl groups excluding tert-OH is 1. The normalized spacial score (nSPS) is 25.7. The Kier molecular flexibility index (Phi) is 4.27. The minimum atomic E-state index is -0.472. The standard InChI is InChI=1S/C21H29NO3/c1-14-11-17-18(23)13-21(25-19(17)12-15(14)2)7-9-22(10-8-21)20(24)16-5-3-4-6-16/h11-12,16,18,23H,3-10,13H2,1-2H3. The van der Waals surface area contributed by atoms with E-state index in [1.165, 1.54) is 24.0 Å². The quantitative estimate of drug-likeness (QED) is 0.846. The lowest BCUT2D eigenvalue weighted by atomic mass is 9.81. The first-order chi connectivity index (χ1) is 12.0. The predicted molar refractivity (Wildman–Crippen MR) is 96.6 cm³/mol. The Morgan fingerprint density at radius 1 is 1.16 bits per heavy atom. The van der Waals surface area contributed by atoms with E-state index in [1.807, 2.05) is 4.90 Å². The molecular weight excluding hydrogens is 314 g/mol. The van der Waals surface area contributed by atoms with E-state index < -0.39 is 6.10 Å². The van der Waals surface area contributed by atoms with Gasteiger partial charge in [0, 0.05) is 43.8 Å². The van der Waals surface area contributed by atoms with Crippen molar-refractivity contribution in [3.63, 3.8) is 0 Å². The molecule has 1 amide bonds. The number of amides is 1. The summed E-state index contributed by atoms with van der Waals surface area (Å²) < 4.78 is 6.42. The first kappa shape index (κ1) is 16.9. The molecule has 1 aromatic carbocycles. The molecule has 3 aliphatic rings. The lowest BCUT2D eigenvalue weighted by Gasteiger charge is -2.46. The number of aryl methyl sites for hydroxylation is 2. The molecule has 136 valence electrons. The fraction of sp³-hybridized carbons (Fsp3) is 0.667. The molecule has 1 unspecified atom stereocenters. The van der Waals surface area contributed by atoms with Gasteiger partial charge in [0.15, 0.2) is 0 Å². The fourth-order valence-electron chi connectivity index (χ4n) is 4.77. The number of aliphatic hydroxyl groups is 1. The van der Waals surface area contributed by atoms with Crippen molar-refractivity contribution in [3.05, 3.63) is 28.8 Å². The summed E-state index contributed by atoms with van der Waals surface area (Å²) in [5.41, 5.74) is 2.98. The number of fused-ring (bicyclic) bond motifs is 1. The van der Waals surface area contributed by atoms with E-state index in [-0.39, 0.29) is 11.5 Å². The average Bonchev–Trinajstić information content (AvgIpc) is 3.11. The summed E-state index contributed by atoms with van der Waals surface area (Å²) in [4.78, 5) is 14.7. The van der Waals surface area contributed by atoms with Gasteiger partial charge in [0.05, 0.1) is 6.10 Å². The van der Waals surface area contributed by atoms with E-state index in [1.54, 1.807) is 0 Å². The molecule has 1 aromatic rings. The van der Waals surface area contributed by atoms with Crippen LogP contribution in [0.3, 0.4) is 0 Å². The van der Waals surface area contributed by atoms with E-state index in [0.29, 0.717) is 12.3 Å². The Hall–Kier alpha value is -1.55. The number of hydrogen-bond acceptors (Lipinski definition) is 3. The van der Waals surface area contributed by atoms with Crippen molar-refractivity contribution in [2.75, 3.05) is 13.1 Å². The molecule has 2 fully saturated rings. The third-order valence-corrected chi connectivity index (χ3v) is 6.57. The van der Waals surface area contributed by atoms with Gasteiger partial charge in [-0.15, -0.1) is 0 Å². The number of piperidine rings is 1. The Morgan fingerprint density at radius 3 is 2.48 bits per heavy atom. The molecule has 0 aromatic heterocycles. The molecule has 1 spiro atoms. The maximum Gasteiger partial charge on any atom is 0.225 e. The molecule has 1 saturated carbocycles. The number of hydrogen-bond donors (Lipinski definition) is 1. The predicted octanol–water partition coefficient (Wildman–Crippen LogP) is 3.67. The second-order valence-corrected chi connectivity index (χ2v) is 8.29. The summed E-state index contributed by atoms with van der Waals surface area (Å²) in [6.07, 6.45) is 6.29. The molecule has 25 heavy (non-hydrogen) atoms. The summed E-state index contributed by atoms with van der Waals surface area (Å²) in [5, 5.41) is 10.7. The maximum absolute atomic E-state index is 12.7. The molecule has 4 heteroatoms. The smallest absolute Gasteiger partial charge is 0.225 e. The Labute approximate surface area is 150 Å². The molecule has 1 N–H and O–H groups in total. The number of carbonyl (C=O) groups is 1. The minimum absolute atomic E-state index is 0.248. The number of ether oxygens (including phenoxy) is 1. The zero-order chi connectivity index (χ0) is 17.6. The molecule has 1 aliphatic carbocycles. The summed E-state index contributed by atoms with van der Waals surface area (Å²) in [6.45, 7) is 5.65. The average molecular weight is 343 g/mol. The molecule has 4 rings (SSSR count). The van der Waals surface area contributed by atoms with Gasteiger partial charge in [0.25, 0.3) is 0 Å². The van der Waals surface area contributed by atoms with Crippen LogP contribution < -0.4 is 4.74 Å². The Balaban J connectivity index is 1.47. The van der Waals surface area contributed by atoms with Gasteiger partial charge in [0.1, 0.15) is 11.4 Å². The maximum atomic E-state index is 12.7. The van der Waals surface area contributed by atoms with Gasteiger partial charge in [0.2, 0.25) is 5.91 Å². The van der Waals surface area contributed by atoms with Crippen LogP contribution in [0.25, 0.3) is 0 Å². The molecule has 0 bridgehead atoms. The summed E-state index contributed by atoms with van der Waals surface area (Å²) in [7, 11) is 0. The van der Waals surface area contributed by atoms with E-state index in [9.17, 15) is 9.90 Å². The molecule has 4 nitrogen and oxygen atoms in total. The van der Waals surface area contributed by atoms with Crippen LogP contribution in [0.1, 0.15) is 67.7 Å². The molecule has 1 atom stereocenters. The van der Waals surface area contributed by atoms with E-state index in [4.69, 9.17) is 4.74 Å². The van der Waals surface area contributed by atoms with Crippen molar-refractivity contribution in [1.29, 1.82) is 0 Å². The minimum Gasteiger partial charge on any atom is -0.487 e. The van der Waals surface area contributed by atoms with Crippen LogP contribution in [-0.4, -0.2) is 34.6 Å². The molecule has 0 radical (unpaired) electrons. The third-order valence-electron chi connectivity index (χ3n) is 6.57.